The van der Waals surface area contributed by atoms with Crippen LogP contribution in [0.2, 0.25) is 0 Å². The normalized spacial score (nSPS) is 45.0. The van der Waals surface area contributed by atoms with Gasteiger partial charge in [-0.2, -0.15) is 0 Å². The fourth-order valence-corrected chi connectivity index (χ4v) is 3.47. The van der Waals surface area contributed by atoms with Crippen molar-refractivity contribution in [2.45, 2.75) is 45.0 Å². The number of hydrogen-bond donors (Lipinski definition) is 0. The van der Waals surface area contributed by atoms with E-state index in [0.29, 0.717) is 19.3 Å². The van der Waals surface area contributed by atoms with Gasteiger partial charge in [-0.05, 0) is 25.7 Å². The van der Waals surface area contributed by atoms with Crippen molar-refractivity contribution in [1.82, 2.24) is 0 Å². The van der Waals surface area contributed by atoms with Gasteiger partial charge < -0.3 is 0 Å². The Morgan fingerprint density at radius 1 is 0.500 bits per heavy atom. The summed E-state index contributed by atoms with van der Waals surface area (Å²) < 4.78 is 0. The van der Waals surface area contributed by atoms with E-state index < -0.39 is 0 Å². The molecule has 1 rings (SSSR count). The minimum absolute atomic E-state index is 0.637. The van der Waals surface area contributed by atoms with Crippen LogP contribution in [0.4, 0.5) is 0 Å². The molecule has 0 aromatic rings. The zero-order valence-corrected chi connectivity index (χ0v) is 13.0. The van der Waals surface area contributed by atoms with Crippen molar-refractivity contribution in [3.8, 4) is 0 Å². The first-order valence-electron chi connectivity index (χ1n) is 4.17. The molecular formula is C8H12Br4. The molecule has 0 heterocycles. The molecule has 4 heteroatoms. The maximum absolute atomic E-state index is 3.70. The Hall–Kier alpha value is 1.92. The molecule has 0 nitrogen and oxygen atoms in total. The summed E-state index contributed by atoms with van der Waals surface area (Å²) in [6, 6.07) is 0. The van der Waals surface area contributed by atoms with Crippen LogP contribution in [0.5, 0.6) is 0 Å². The highest BCUT2D eigenvalue weighted by Crippen LogP contribution is 2.33. The van der Waals surface area contributed by atoms with Gasteiger partial charge in [-0.15, -0.1) is 0 Å². The minimum Gasteiger partial charge on any atom is -0.0879 e. The highest BCUT2D eigenvalue weighted by atomic mass is 79.9. The second kappa shape index (κ2) is 5.72. The van der Waals surface area contributed by atoms with Crippen LogP contribution in [0.3, 0.4) is 0 Å². The van der Waals surface area contributed by atoms with Crippen LogP contribution in [0, 0.1) is 0 Å². The summed E-state index contributed by atoms with van der Waals surface area (Å²) in [5.41, 5.74) is 0. The molecule has 0 amide bonds. The first kappa shape index (κ1) is 12.0. The lowest BCUT2D eigenvalue weighted by Gasteiger charge is -2.25. The van der Waals surface area contributed by atoms with Crippen molar-refractivity contribution >= 4 is 63.7 Å². The molecule has 1 fully saturated rings. The lowest BCUT2D eigenvalue weighted by molar-refractivity contribution is 0.557. The summed E-state index contributed by atoms with van der Waals surface area (Å²) in [5.74, 6) is 0. The number of alkyl halides is 4. The van der Waals surface area contributed by atoms with E-state index in [1.165, 1.54) is 25.7 Å². The molecule has 1 aliphatic carbocycles. The lowest BCUT2D eigenvalue weighted by Crippen LogP contribution is -2.25. The molecule has 12 heavy (non-hydrogen) atoms. The standard InChI is InChI=1S/C8H12Br4/c9-5-1-2-6(10)8(12)4-3-7(5)11/h5-8H,1-4H2/t5-,6-,7-,8+/m0/s1. The lowest BCUT2D eigenvalue weighted by atomic mass is 10.0. The monoisotopic (exact) mass is 424 g/mol. The van der Waals surface area contributed by atoms with E-state index in [1.54, 1.807) is 0 Å². The minimum atomic E-state index is 0.637. The molecule has 72 valence electrons. The van der Waals surface area contributed by atoms with Gasteiger partial charge in [-0.1, -0.05) is 63.7 Å². The largest absolute Gasteiger partial charge is 0.0879 e. The summed E-state index contributed by atoms with van der Waals surface area (Å²) in [7, 11) is 0. The van der Waals surface area contributed by atoms with Gasteiger partial charge in [-0.25, -0.2) is 0 Å². The summed E-state index contributed by atoms with van der Waals surface area (Å²) in [6.07, 6.45) is 4.98. The second-order valence-corrected chi connectivity index (χ2v) is 7.92. The first-order valence-corrected chi connectivity index (χ1v) is 7.84. The van der Waals surface area contributed by atoms with Crippen molar-refractivity contribution in [3.63, 3.8) is 0 Å². The van der Waals surface area contributed by atoms with Gasteiger partial charge in [0.1, 0.15) is 0 Å². The molecule has 0 unspecified atom stereocenters. The van der Waals surface area contributed by atoms with Gasteiger partial charge in [0.05, 0.1) is 0 Å². The first-order chi connectivity index (χ1) is 5.61. The van der Waals surface area contributed by atoms with Crippen molar-refractivity contribution in [3.05, 3.63) is 0 Å². The molecule has 0 spiro atoms. The van der Waals surface area contributed by atoms with E-state index in [1.807, 2.05) is 0 Å². The van der Waals surface area contributed by atoms with Crippen molar-refractivity contribution < 1.29 is 0 Å². The number of hydrogen-bond acceptors (Lipinski definition) is 0. The van der Waals surface area contributed by atoms with E-state index in [4.69, 9.17) is 0 Å². The Labute approximate surface area is 108 Å². The molecule has 1 saturated carbocycles. The molecule has 0 bridgehead atoms. The maximum Gasteiger partial charge on any atom is 0.0271 e. The molecule has 0 aromatic heterocycles. The van der Waals surface area contributed by atoms with Gasteiger partial charge in [-0.3, -0.25) is 0 Å². The van der Waals surface area contributed by atoms with Gasteiger partial charge in [0.25, 0.3) is 0 Å². The Morgan fingerprint density at radius 3 is 0.833 bits per heavy atom. The topological polar surface area (TPSA) is 0 Å². The second-order valence-electron chi connectivity index (χ2n) is 3.22. The van der Waals surface area contributed by atoms with Crippen molar-refractivity contribution in [1.29, 1.82) is 0 Å². The summed E-state index contributed by atoms with van der Waals surface area (Å²) in [4.78, 5) is 2.55. The van der Waals surface area contributed by atoms with Crippen LogP contribution in [-0.4, -0.2) is 19.3 Å². The van der Waals surface area contributed by atoms with Crippen LogP contribution < -0.4 is 0 Å². The molecule has 1 aliphatic rings. The third-order valence-electron chi connectivity index (χ3n) is 2.22. The zero-order chi connectivity index (χ0) is 9.14. The van der Waals surface area contributed by atoms with E-state index in [0.717, 1.165) is 0 Å². The molecule has 0 N–H and O–H groups in total. The molecular weight excluding hydrogens is 416 g/mol. The highest BCUT2D eigenvalue weighted by Gasteiger charge is 2.25. The highest BCUT2D eigenvalue weighted by molar-refractivity contribution is 9.12. The van der Waals surface area contributed by atoms with E-state index in [2.05, 4.69) is 63.7 Å². The Bertz CT molecular complexity index is 107. The van der Waals surface area contributed by atoms with Crippen molar-refractivity contribution in [2.75, 3.05) is 0 Å². The third-order valence-corrected chi connectivity index (χ3v) is 8.02. The fraction of sp³-hybridized carbons (Fsp3) is 1.00. The average Bonchev–Trinajstić information content (AvgIpc) is 2.07. The molecule has 0 radical (unpaired) electrons. The van der Waals surface area contributed by atoms with E-state index >= 15 is 0 Å². The molecule has 0 aliphatic heterocycles. The van der Waals surface area contributed by atoms with Gasteiger partial charge >= 0.3 is 0 Å². The van der Waals surface area contributed by atoms with Gasteiger partial charge in [0.15, 0.2) is 0 Å². The van der Waals surface area contributed by atoms with E-state index in [9.17, 15) is 0 Å². The molecule has 0 aromatic carbocycles. The van der Waals surface area contributed by atoms with Crippen LogP contribution in [0.25, 0.3) is 0 Å². The Kier molecular flexibility index (Phi) is 5.71. The third kappa shape index (κ3) is 3.58. The Balaban J connectivity index is 2.45. The van der Waals surface area contributed by atoms with E-state index in [-0.39, 0.29) is 0 Å². The summed E-state index contributed by atoms with van der Waals surface area (Å²) in [5, 5.41) is 0. The van der Waals surface area contributed by atoms with Gasteiger partial charge in [0, 0.05) is 19.3 Å². The number of rotatable bonds is 0. The molecule has 0 saturated heterocycles. The summed E-state index contributed by atoms with van der Waals surface area (Å²) in [6.45, 7) is 0. The predicted molar refractivity (Wildman–Crippen MR) is 69.3 cm³/mol. The van der Waals surface area contributed by atoms with Crippen molar-refractivity contribution in [2.24, 2.45) is 0 Å². The van der Waals surface area contributed by atoms with Crippen LogP contribution in [0.15, 0.2) is 0 Å². The predicted octanol–water partition coefficient (Wildman–Crippen LogP) is 4.61. The molecule has 4 atom stereocenters. The number of halogens is 4. The SMILES string of the molecule is Br[C@@H]1CC[C@H](Br)[C@@H](Br)CC[C@@H]1Br. The maximum atomic E-state index is 3.70. The van der Waals surface area contributed by atoms with Crippen LogP contribution >= 0.6 is 63.7 Å². The van der Waals surface area contributed by atoms with Gasteiger partial charge in [0.2, 0.25) is 0 Å². The average molecular weight is 428 g/mol. The smallest absolute Gasteiger partial charge is 0.0271 e. The summed E-state index contributed by atoms with van der Waals surface area (Å²) >= 11 is 14.8. The zero-order valence-electron chi connectivity index (χ0n) is 6.65. The Morgan fingerprint density at radius 2 is 0.667 bits per heavy atom. The van der Waals surface area contributed by atoms with Crippen LogP contribution in [-0.2, 0) is 0 Å². The fourth-order valence-electron chi connectivity index (χ4n) is 1.36. The van der Waals surface area contributed by atoms with Crippen LogP contribution in [0.1, 0.15) is 25.7 Å². The quantitative estimate of drug-likeness (QED) is 0.495.